The highest BCUT2D eigenvalue weighted by Crippen LogP contribution is 2.28. The maximum atomic E-state index is 12.6. The molecule has 2 fully saturated rings. The lowest BCUT2D eigenvalue weighted by molar-refractivity contribution is -0.141. The predicted molar refractivity (Wildman–Crippen MR) is 98.4 cm³/mol. The third kappa shape index (κ3) is 4.11. The van der Waals surface area contributed by atoms with Gasteiger partial charge in [0.05, 0.1) is 20.6 Å². The van der Waals surface area contributed by atoms with Crippen molar-refractivity contribution < 1.29 is 19.1 Å². The maximum absolute atomic E-state index is 12.6. The molecular formula is C20H28N2O4. The van der Waals surface area contributed by atoms with Crippen LogP contribution in [0.1, 0.15) is 31.2 Å². The van der Waals surface area contributed by atoms with Gasteiger partial charge in [0.1, 0.15) is 0 Å². The lowest BCUT2D eigenvalue weighted by Gasteiger charge is -2.36. The maximum Gasteiger partial charge on any atom is 0.227 e. The molecule has 0 N–H and O–H groups in total. The van der Waals surface area contributed by atoms with Crippen LogP contribution >= 0.6 is 0 Å². The SMILES string of the molecule is COc1ccc(CC(=O)N2CCN(C(=O)C3CCCC3)CC2)cc1OC. The first-order valence-corrected chi connectivity index (χ1v) is 9.40. The molecule has 0 unspecified atom stereocenters. The zero-order chi connectivity index (χ0) is 18.5. The molecule has 6 nitrogen and oxygen atoms in total. The Morgan fingerprint density at radius 2 is 1.58 bits per heavy atom. The van der Waals surface area contributed by atoms with Gasteiger partial charge in [-0.2, -0.15) is 0 Å². The van der Waals surface area contributed by atoms with Gasteiger partial charge in [-0.15, -0.1) is 0 Å². The Kier molecular flexibility index (Phi) is 6.01. The van der Waals surface area contributed by atoms with Gasteiger partial charge in [-0.1, -0.05) is 18.9 Å². The Hall–Kier alpha value is -2.24. The molecule has 1 aromatic rings. The van der Waals surface area contributed by atoms with Crippen molar-refractivity contribution >= 4 is 11.8 Å². The van der Waals surface area contributed by atoms with Gasteiger partial charge < -0.3 is 19.3 Å². The quantitative estimate of drug-likeness (QED) is 0.807. The number of benzene rings is 1. The van der Waals surface area contributed by atoms with Gasteiger partial charge >= 0.3 is 0 Å². The Bertz CT molecular complexity index is 647. The van der Waals surface area contributed by atoms with Crippen molar-refractivity contribution in [2.45, 2.75) is 32.1 Å². The van der Waals surface area contributed by atoms with Crippen molar-refractivity contribution in [1.29, 1.82) is 0 Å². The summed E-state index contributed by atoms with van der Waals surface area (Å²) in [5.41, 5.74) is 0.900. The summed E-state index contributed by atoms with van der Waals surface area (Å²) in [5.74, 6) is 1.87. The van der Waals surface area contributed by atoms with E-state index in [0.29, 0.717) is 44.1 Å². The fourth-order valence-electron chi connectivity index (χ4n) is 3.88. The van der Waals surface area contributed by atoms with Gasteiger partial charge in [0.25, 0.3) is 0 Å². The first-order chi connectivity index (χ1) is 12.6. The van der Waals surface area contributed by atoms with Gasteiger partial charge in [-0.3, -0.25) is 9.59 Å². The average Bonchev–Trinajstić information content (AvgIpc) is 3.22. The minimum atomic E-state index is 0.0881. The van der Waals surface area contributed by atoms with E-state index < -0.39 is 0 Å². The van der Waals surface area contributed by atoms with Crippen LogP contribution in [0.2, 0.25) is 0 Å². The number of rotatable bonds is 5. The molecule has 1 saturated heterocycles. The second-order valence-corrected chi connectivity index (χ2v) is 7.05. The van der Waals surface area contributed by atoms with E-state index in [9.17, 15) is 9.59 Å². The van der Waals surface area contributed by atoms with Gasteiger partial charge in [0, 0.05) is 32.1 Å². The molecule has 142 valence electrons. The topological polar surface area (TPSA) is 59.1 Å². The van der Waals surface area contributed by atoms with Crippen LogP contribution in [-0.2, 0) is 16.0 Å². The number of ether oxygens (including phenoxy) is 2. The molecule has 3 rings (SSSR count). The third-order valence-electron chi connectivity index (χ3n) is 5.45. The molecule has 6 heteroatoms. The molecule has 0 spiro atoms. The minimum absolute atomic E-state index is 0.0881. The fourth-order valence-corrected chi connectivity index (χ4v) is 3.88. The van der Waals surface area contributed by atoms with Crippen LogP contribution in [0.3, 0.4) is 0 Å². The number of methoxy groups -OCH3 is 2. The van der Waals surface area contributed by atoms with Crippen molar-refractivity contribution in [2.75, 3.05) is 40.4 Å². The summed E-state index contributed by atoms with van der Waals surface area (Å²) in [5, 5.41) is 0. The fraction of sp³-hybridized carbons (Fsp3) is 0.600. The molecule has 0 atom stereocenters. The number of carbonyl (C=O) groups is 2. The Balaban J connectivity index is 1.53. The van der Waals surface area contributed by atoms with Crippen LogP contribution in [0.25, 0.3) is 0 Å². The van der Waals surface area contributed by atoms with E-state index in [1.165, 1.54) is 12.8 Å². The van der Waals surface area contributed by atoms with Crippen LogP contribution < -0.4 is 9.47 Å². The predicted octanol–water partition coefficient (Wildman–Crippen LogP) is 2.11. The molecule has 0 aromatic heterocycles. The van der Waals surface area contributed by atoms with Crippen molar-refractivity contribution in [3.8, 4) is 11.5 Å². The highest BCUT2D eigenvalue weighted by Gasteiger charge is 2.30. The molecule has 2 amide bonds. The minimum Gasteiger partial charge on any atom is -0.493 e. The van der Waals surface area contributed by atoms with E-state index in [2.05, 4.69) is 0 Å². The van der Waals surface area contributed by atoms with Gasteiger partial charge in [0.2, 0.25) is 11.8 Å². The molecule has 0 bridgehead atoms. The molecule has 1 saturated carbocycles. The molecular weight excluding hydrogens is 332 g/mol. The lowest BCUT2D eigenvalue weighted by atomic mass is 10.1. The van der Waals surface area contributed by atoms with E-state index in [1.807, 2.05) is 28.0 Å². The summed E-state index contributed by atoms with van der Waals surface area (Å²) < 4.78 is 10.5. The van der Waals surface area contributed by atoms with Crippen molar-refractivity contribution in [1.82, 2.24) is 9.80 Å². The van der Waals surface area contributed by atoms with Gasteiger partial charge in [-0.25, -0.2) is 0 Å². The van der Waals surface area contributed by atoms with Crippen molar-refractivity contribution in [2.24, 2.45) is 5.92 Å². The number of hydrogen-bond acceptors (Lipinski definition) is 4. The summed E-state index contributed by atoms with van der Waals surface area (Å²) >= 11 is 0. The normalized spacial score (nSPS) is 18.1. The molecule has 0 radical (unpaired) electrons. The van der Waals surface area contributed by atoms with E-state index in [0.717, 1.165) is 18.4 Å². The molecule has 1 aliphatic heterocycles. The summed E-state index contributed by atoms with van der Waals surface area (Å²) in [6.45, 7) is 2.52. The number of carbonyl (C=O) groups excluding carboxylic acids is 2. The summed E-state index contributed by atoms with van der Waals surface area (Å²) in [6, 6.07) is 5.55. The molecule has 1 aromatic carbocycles. The highest BCUT2D eigenvalue weighted by molar-refractivity contribution is 5.81. The van der Waals surface area contributed by atoms with E-state index in [1.54, 1.807) is 14.2 Å². The van der Waals surface area contributed by atoms with Gasteiger partial charge in [-0.05, 0) is 30.5 Å². The van der Waals surface area contributed by atoms with Crippen LogP contribution in [0.5, 0.6) is 11.5 Å². The average molecular weight is 360 g/mol. The van der Waals surface area contributed by atoms with Crippen LogP contribution in [-0.4, -0.2) is 62.0 Å². The molecule has 1 aliphatic carbocycles. The third-order valence-corrected chi connectivity index (χ3v) is 5.45. The molecule has 26 heavy (non-hydrogen) atoms. The second-order valence-electron chi connectivity index (χ2n) is 7.05. The summed E-state index contributed by atoms with van der Waals surface area (Å²) in [7, 11) is 3.18. The number of hydrogen-bond donors (Lipinski definition) is 0. The Morgan fingerprint density at radius 1 is 0.962 bits per heavy atom. The zero-order valence-electron chi connectivity index (χ0n) is 15.7. The first kappa shape index (κ1) is 18.5. The Morgan fingerprint density at radius 3 is 2.19 bits per heavy atom. The van der Waals surface area contributed by atoms with Crippen LogP contribution in [0, 0.1) is 5.92 Å². The van der Waals surface area contributed by atoms with Gasteiger partial charge in [0.15, 0.2) is 11.5 Å². The summed E-state index contributed by atoms with van der Waals surface area (Å²) in [4.78, 5) is 28.9. The van der Waals surface area contributed by atoms with E-state index in [-0.39, 0.29) is 17.7 Å². The summed E-state index contributed by atoms with van der Waals surface area (Å²) in [6.07, 6.45) is 4.71. The molecule has 1 heterocycles. The van der Waals surface area contributed by atoms with Crippen LogP contribution in [0.4, 0.5) is 0 Å². The van der Waals surface area contributed by atoms with E-state index >= 15 is 0 Å². The Labute approximate surface area is 155 Å². The largest absolute Gasteiger partial charge is 0.493 e. The zero-order valence-corrected chi connectivity index (χ0v) is 15.7. The highest BCUT2D eigenvalue weighted by atomic mass is 16.5. The monoisotopic (exact) mass is 360 g/mol. The second kappa shape index (κ2) is 8.43. The van der Waals surface area contributed by atoms with Crippen molar-refractivity contribution in [3.05, 3.63) is 23.8 Å². The smallest absolute Gasteiger partial charge is 0.227 e. The van der Waals surface area contributed by atoms with Crippen molar-refractivity contribution in [3.63, 3.8) is 0 Å². The standard InChI is InChI=1S/C20H28N2O4/c1-25-17-8-7-15(13-18(17)26-2)14-19(23)21-9-11-22(12-10-21)20(24)16-5-3-4-6-16/h7-8,13,16H,3-6,9-12,14H2,1-2H3. The van der Waals surface area contributed by atoms with E-state index in [4.69, 9.17) is 9.47 Å². The number of piperazine rings is 1. The van der Waals surface area contributed by atoms with Crippen LogP contribution in [0.15, 0.2) is 18.2 Å². The number of nitrogens with zero attached hydrogens (tertiary/aromatic N) is 2. The first-order valence-electron chi connectivity index (χ1n) is 9.40. The molecule has 2 aliphatic rings. The number of amides is 2. The lowest BCUT2D eigenvalue weighted by Crippen LogP contribution is -2.52.